The molecule has 102 valence electrons. The molecule has 2 bridgehead atoms. The van der Waals surface area contributed by atoms with Crippen LogP contribution in [0.15, 0.2) is 35.5 Å². The SMILES string of the molecule is CCN(Cc1ccccc1)C1/C(=N/O)C2CCC1C2. The molecule has 0 heterocycles. The molecule has 0 saturated heterocycles. The van der Waals surface area contributed by atoms with Crippen LogP contribution in [0.4, 0.5) is 0 Å². The predicted molar refractivity (Wildman–Crippen MR) is 76.4 cm³/mol. The summed E-state index contributed by atoms with van der Waals surface area (Å²) in [6.07, 6.45) is 3.72. The van der Waals surface area contributed by atoms with E-state index in [0.717, 1.165) is 18.8 Å². The van der Waals surface area contributed by atoms with Gasteiger partial charge >= 0.3 is 0 Å². The Balaban J connectivity index is 1.79. The number of hydrogen-bond donors (Lipinski definition) is 1. The molecule has 3 rings (SSSR count). The first kappa shape index (κ1) is 12.7. The standard InChI is InChI=1S/C16H22N2O/c1-2-18(11-12-6-4-3-5-7-12)16-14-9-8-13(10-14)15(16)17-19/h3-7,13-14,16,19H,2,8-11H2,1H3/b17-15+. The predicted octanol–water partition coefficient (Wildman–Crippen LogP) is 3.14. The molecule has 3 atom stereocenters. The van der Waals surface area contributed by atoms with Crippen molar-refractivity contribution in [3.05, 3.63) is 35.9 Å². The van der Waals surface area contributed by atoms with Crippen LogP contribution < -0.4 is 0 Å². The van der Waals surface area contributed by atoms with Crippen LogP contribution in [0.1, 0.15) is 31.7 Å². The number of fused-ring (bicyclic) bond motifs is 2. The third-order valence-electron chi connectivity index (χ3n) is 4.78. The fourth-order valence-electron chi connectivity index (χ4n) is 3.91. The van der Waals surface area contributed by atoms with Gasteiger partial charge in [0.2, 0.25) is 0 Å². The van der Waals surface area contributed by atoms with Gasteiger partial charge in [-0.3, -0.25) is 4.90 Å². The van der Waals surface area contributed by atoms with E-state index in [2.05, 4.69) is 47.3 Å². The normalized spacial score (nSPS) is 31.5. The maximum atomic E-state index is 9.33. The molecule has 19 heavy (non-hydrogen) atoms. The minimum absolute atomic E-state index is 0.356. The highest BCUT2D eigenvalue weighted by Crippen LogP contribution is 2.45. The summed E-state index contributed by atoms with van der Waals surface area (Å²) in [7, 11) is 0. The van der Waals surface area contributed by atoms with Crippen LogP contribution >= 0.6 is 0 Å². The molecule has 1 aromatic rings. The number of hydrogen-bond acceptors (Lipinski definition) is 3. The Bertz CT molecular complexity index is 457. The molecule has 2 aliphatic rings. The quantitative estimate of drug-likeness (QED) is 0.665. The summed E-state index contributed by atoms with van der Waals surface area (Å²) in [5.41, 5.74) is 2.37. The first-order chi connectivity index (χ1) is 9.33. The van der Waals surface area contributed by atoms with Crippen molar-refractivity contribution in [2.24, 2.45) is 17.0 Å². The summed E-state index contributed by atoms with van der Waals surface area (Å²) in [5, 5.41) is 13.0. The molecular weight excluding hydrogens is 236 g/mol. The smallest absolute Gasteiger partial charge is 0.0775 e. The van der Waals surface area contributed by atoms with E-state index in [-0.39, 0.29) is 0 Å². The first-order valence-corrected chi connectivity index (χ1v) is 7.33. The van der Waals surface area contributed by atoms with Gasteiger partial charge in [-0.1, -0.05) is 42.4 Å². The van der Waals surface area contributed by atoms with Crippen LogP contribution in [0.5, 0.6) is 0 Å². The van der Waals surface area contributed by atoms with Gasteiger partial charge in [0.25, 0.3) is 0 Å². The lowest BCUT2D eigenvalue weighted by Crippen LogP contribution is -2.44. The summed E-state index contributed by atoms with van der Waals surface area (Å²) >= 11 is 0. The van der Waals surface area contributed by atoms with Crippen LogP contribution in [0.2, 0.25) is 0 Å². The molecule has 1 N–H and O–H groups in total. The van der Waals surface area contributed by atoms with E-state index in [1.54, 1.807) is 0 Å². The average Bonchev–Trinajstić information content (AvgIpc) is 3.06. The van der Waals surface area contributed by atoms with Crippen molar-refractivity contribution in [1.82, 2.24) is 4.90 Å². The van der Waals surface area contributed by atoms with Crippen LogP contribution in [0.3, 0.4) is 0 Å². The molecule has 2 fully saturated rings. The Labute approximate surface area is 114 Å². The van der Waals surface area contributed by atoms with Crippen LogP contribution in [0.25, 0.3) is 0 Å². The van der Waals surface area contributed by atoms with Crippen LogP contribution in [-0.2, 0) is 6.54 Å². The molecule has 0 aliphatic heterocycles. The second-order valence-electron chi connectivity index (χ2n) is 5.79. The lowest BCUT2D eigenvalue weighted by atomic mass is 9.91. The zero-order valence-electron chi connectivity index (χ0n) is 11.5. The Morgan fingerprint density at radius 1 is 1.26 bits per heavy atom. The van der Waals surface area contributed by atoms with E-state index < -0.39 is 0 Å². The second-order valence-corrected chi connectivity index (χ2v) is 5.79. The lowest BCUT2D eigenvalue weighted by molar-refractivity contribution is 0.192. The van der Waals surface area contributed by atoms with Gasteiger partial charge in [0.15, 0.2) is 0 Å². The second kappa shape index (κ2) is 5.33. The minimum Gasteiger partial charge on any atom is -0.411 e. The zero-order valence-corrected chi connectivity index (χ0v) is 11.5. The first-order valence-electron chi connectivity index (χ1n) is 7.33. The molecule has 2 aliphatic carbocycles. The third-order valence-corrected chi connectivity index (χ3v) is 4.78. The Kier molecular flexibility index (Phi) is 3.56. The number of benzene rings is 1. The van der Waals surface area contributed by atoms with E-state index in [9.17, 15) is 5.21 Å². The number of nitrogens with zero attached hydrogens (tertiary/aromatic N) is 2. The maximum absolute atomic E-state index is 9.33. The summed E-state index contributed by atoms with van der Waals surface area (Å²) in [5.74, 6) is 1.23. The van der Waals surface area contributed by atoms with Gasteiger partial charge in [0, 0.05) is 12.5 Å². The summed E-state index contributed by atoms with van der Waals surface area (Å²) in [6.45, 7) is 4.15. The molecular formula is C16H22N2O. The molecule has 0 spiro atoms. The van der Waals surface area contributed by atoms with Gasteiger partial charge < -0.3 is 5.21 Å². The van der Waals surface area contributed by atoms with Crippen molar-refractivity contribution in [2.45, 2.75) is 38.8 Å². The van der Waals surface area contributed by atoms with Gasteiger partial charge in [-0.2, -0.15) is 0 Å². The van der Waals surface area contributed by atoms with Gasteiger partial charge in [-0.25, -0.2) is 0 Å². The van der Waals surface area contributed by atoms with Crippen molar-refractivity contribution in [1.29, 1.82) is 0 Å². The summed E-state index contributed by atoms with van der Waals surface area (Å²) in [4.78, 5) is 2.47. The molecule has 3 nitrogen and oxygen atoms in total. The molecule has 0 amide bonds. The molecule has 3 unspecified atom stereocenters. The molecule has 0 radical (unpaired) electrons. The van der Waals surface area contributed by atoms with Crippen LogP contribution in [0, 0.1) is 11.8 Å². The lowest BCUT2D eigenvalue weighted by Gasteiger charge is -2.34. The topological polar surface area (TPSA) is 35.8 Å². The summed E-state index contributed by atoms with van der Waals surface area (Å²) < 4.78 is 0. The molecule has 0 aromatic heterocycles. The third kappa shape index (κ3) is 2.27. The highest BCUT2D eigenvalue weighted by atomic mass is 16.4. The van der Waals surface area contributed by atoms with Crippen molar-refractivity contribution in [3.8, 4) is 0 Å². The van der Waals surface area contributed by atoms with Crippen molar-refractivity contribution >= 4 is 5.71 Å². The monoisotopic (exact) mass is 258 g/mol. The van der Waals surface area contributed by atoms with E-state index >= 15 is 0 Å². The molecule has 3 heteroatoms. The van der Waals surface area contributed by atoms with Crippen molar-refractivity contribution in [2.75, 3.05) is 6.54 Å². The van der Waals surface area contributed by atoms with Gasteiger partial charge in [-0.15, -0.1) is 0 Å². The average molecular weight is 258 g/mol. The van der Waals surface area contributed by atoms with Gasteiger partial charge in [0.05, 0.1) is 11.8 Å². The number of rotatable bonds is 4. The largest absolute Gasteiger partial charge is 0.411 e. The Hall–Kier alpha value is -1.35. The van der Waals surface area contributed by atoms with Gasteiger partial charge in [0.1, 0.15) is 0 Å². The highest BCUT2D eigenvalue weighted by molar-refractivity contribution is 5.94. The molecule has 1 aromatic carbocycles. The Morgan fingerprint density at radius 3 is 2.74 bits per heavy atom. The minimum atomic E-state index is 0.356. The van der Waals surface area contributed by atoms with Crippen molar-refractivity contribution in [3.63, 3.8) is 0 Å². The van der Waals surface area contributed by atoms with Crippen molar-refractivity contribution < 1.29 is 5.21 Å². The van der Waals surface area contributed by atoms with E-state index in [4.69, 9.17) is 0 Å². The fraction of sp³-hybridized carbons (Fsp3) is 0.562. The highest BCUT2D eigenvalue weighted by Gasteiger charge is 2.47. The fourth-order valence-corrected chi connectivity index (χ4v) is 3.91. The zero-order chi connectivity index (χ0) is 13.2. The van der Waals surface area contributed by atoms with E-state index in [1.807, 2.05) is 0 Å². The molecule has 2 saturated carbocycles. The van der Waals surface area contributed by atoms with E-state index in [1.165, 1.54) is 24.8 Å². The van der Waals surface area contributed by atoms with Crippen LogP contribution in [-0.4, -0.2) is 28.4 Å². The number of oxime groups is 1. The maximum Gasteiger partial charge on any atom is 0.0775 e. The van der Waals surface area contributed by atoms with E-state index in [0.29, 0.717) is 17.9 Å². The van der Waals surface area contributed by atoms with Gasteiger partial charge in [-0.05, 0) is 37.3 Å². The summed E-state index contributed by atoms with van der Waals surface area (Å²) in [6, 6.07) is 10.9. The Morgan fingerprint density at radius 2 is 2.05 bits per heavy atom.